The number of anilines is 2. The Morgan fingerprint density at radius 3 is 2.06 bits per heavy atom. The molecule has 2 rings (SSSR count). The Hall–Kier alpha value is -2.49. The van der Waals surface area contributed by atoms with Crippen molar-refractivity contribution in [3.05, 3.63) is 57.0 Å². The van der Waals surface area contributed by atoms with Crippen LogP contribution in [0.1, 0.15) is 18.4 Å². The van der Waals surface area contributed by atoms with E-state index in [1.54, 1.807) is 0 Å². The summed E-state index contributed by atoms with van der Waals surface area (Å²) in [4.78, 5) is 35.5. The fraction of sp³-hybridized carbons (Fsp3) is 0.211. The minimum absolute atomic E-state index is 0.0970. The van der Waals surface area contributed by atoms with Crippen molar-refractivity contribution >= 4 is 64.0 Å². The number of halogens is 6. The zero-order valence-corrected chi connectivity index (χ0v) is 17.8. The Bertz CT molecular complexity index is 1000. The molecule has 0 saturated heterocycles. The van der Waals surface area contributed by atoms with Gasteiger partial charge in [0.1, 0.15) is 0 Å². The van der Waals surface area contributed by atoms with Gasteiger partial charge >= 0.3 is 12.1 Å². The first-order valence-corrected chi connectivity index (χ1v) is 9.66. The van der Waals surface area contributed by atoms with E-state index in [0.29, 0.717) is 11.1 Å². The Morgan fingerprint density at radius 1 is 0.839 bits per heavy atom. The Kier molecular flexibility index (Phi) is 8.55. The maximum absolute atomic E-state index is 12.8. The van der Waals surface area contributed by atoms with Crippen molar-refractivity contribution in [1.29, 1.82) is 0 Å². The molecule has 0 aliphatic rings. The lowest BCUT2D eigenvalue weighted by Crippen LogP contribution is -2.22. The number of esters is 1. The van der Waals surface area contributed by atoms with E-state index in [2.05, 4.69) is 10.6 Å². The summed E-state index contributed by atoms with van der Waals surface area (Å²) >= 11 is 17.5. The molecule has 2 amide bonds. The second-order valence-electron chi connectivity index (χ2n) is 6.07. The molecule has 0 bridgehead atoms. The van der Waals surface area contributed by atoms with E-state index in [9.17, 15) is 27.6 Å². The van der Waals surface area contributed by atoms with Crippen molar-refractivity contribution in [2.45, 2.75) is 19.0 Å². The molecular weight excluding hydrogens is 484 g/mol. The van der Waals surface area contributed by atoms with E-state index in [0.717, 1.165) is 12.1 Å². The normalized spacial score (nSPS) is 11.0. The van der Waals surface area contributed by atoms with Crippen LogP contribution < -0.4 is 10.6 Å². The number of rotatable bonds is 7. The second-order valence-corrected chi connectivity index (χ2v) is 7.32. The van der Waals surface area contributed by atoms with Gasteiger partial charge in [-0.05, 0) is 36.4 Å². The number of hydrogen-bond donors (Lipinski definition) is 2. The third-order valence-corrected chi connectivity index (χ3v) is 4.58. The van der Waals surface area contributed by atoms with Gasteiger partial charge < -0.3 is 15.4 Å². The van der Waals surface area contributed by atoms with Gasteiger partial charge in [0.2, 0.25) is 5.91 Å². The van der Waals surface area contributed by atoms with Gasteiger partial charge in [0.25, 0.3) is 5.91 Å². The van der Waals surface area contributed by atoms with Crippen molar-refractivity contribution in [3.8, 4) is 0 Å². The Morgan fingerprint density at radius 2 is 1.42 bits per heavy atom. The molecule has 0 spiro atoms. The van der Waals surface area contributed by atoms with Crippen molar-refractivity contribution in [3.63, 3.8) is 0 Å². The third kappa shape index (κ3) is 7.93. The van der Waals surface area contributed by atoms with Crippen LogP contribution in [-0.2, 0) is 25.3 Å². The molecule has 2 aromatic carbocycles. The van der Waals surface area contributed by atoms with E-state index in [-0.39, 0.29) is 21.4 Å². The second kappa shape index (κ2) is 10.7. The molecule has 0 aromatic heterocycles. The van der Waals surface area contributed by atoms with Crippen LogP contribution in [0.4, 0.5) is 24.5 Å². The van der Waals surface area contributed by atoms with Gasteiger partial charge in [-0.3, -0.25) is 14.4 Å². The SMILES string of the molecule is O=C(CCC(=O)OCC(=O)Nc1cc(Cl)ccc1Cl)Nc1cc(C(F)(F)F)ccc1Cl. The minimum Gasteiger partial charge on any atom is -0.456 e. The zero-order chi connectivity index (χ0) is 23.2. The van der Waals surface area contributed by atoms with Crippen molar-refractivity contribution in [1.82, 2.24) is 0 Å². The number of nitrogens with one attached hydrogen (secondary N) is 2. The van der Waals surface area contributed by atoms with Gasteiger partial charge in [0.05, 0.1) is 33.4 Å². The molecule has 0 heterocycles. The van der Waals surface area contributed by atoms with Crippen molar-refractivity contribution in [2.24, 2.45) is 0 Å². The van der Waals surface area contributed by atoms with Crippen LogP contribution >= 0.6 is 34.8 Å². The molecule has 0 aliphatic heterocycles. The van der Waals surface area contributed by atoms with E-state index in [1.807, 2.05) is 0 Å². The lowest BCUT2D eigenvalue weighted by molar-refractivity contribution is -0.147. The number of alkyl halides is 3. The first-order valence-electron chi connectivity index (χ1n) is 8.53. The smallest absolute Gasteiger partial charge is 0.416 e. The fourth-order valence-electron chi connectivity index (χ4n) is 2.22. The molecule has 0 saturated carbocycles. The highest BCUT2D eigenvalue weighted by Gasteiger charge is 2.31. The molecule has 6 nitrogen and oxygen atoms in total. The summed E-state index contributed by atoms with van der Waals surface area (Å²) in [6.07, 6.45) is -5.41. The topological polar surface area (TPSA) is 84.5 Å². The molecular formula is C19H14Cl3F3N2O4. The van der Waals surface area contributed by atoms with Crippen LogP contribution in [0.3, 0.4) is 0 Å². The average molecular weight is 498 g/mol. The van der Waals surface area contributed by atoms with E-state index < -0.39 is 49.0 Å². The minimum atomic E-state index is -4.61. The molecule has 2 N–H and O–H groups in total. The summed E-state index contributed by atoms with van der Waals surface area (Å²) in [5.41, 5.74) is -1.00. The van der Waals surface area contributed by atoms with Gasteiger partial charge in [0, 0.05) is 11.4 Å². The van der Waals surface area contributed by atoms with Crippen LogP contribution in [0.2, 0.25) is 15.1 Å². The molecule has 0 atom stereocenters. The van der Waals surface area contributed by atoms with Gasteiger partial charge in [-0.15, -0.1) is 0 Å². The van der Waals surface area contributed by atoms with Crippen molar-refractivity contribution in [2.75, 3.05) is 17.2 Å². The highest BCUT2D eigenvalue weighted by Crippen LogP contribution is 2.33. The van der Waals surface area contributed by atoms with E-state index in [1.165, 1.54) is 18.2 Å². The zero-order valence-electron chi connectivity index (χ0n) is 15.5. The molecule has 12 heteroatoms. The molecule has 2 aromatic rings. The van der Waals surface area contributed by atoms with Crippen LogP contribution in [-0.4, -0.2) is 24.4 Å². The molecule has 31 heavy (non-hydrogen) atoms. The molecule has 0 radical (unpaired) electrons. The molecule has 166 valence electrons. The molecule has 0 fully saturated rings. The predicted molar refractivity (Wildman–Crippen MR) is 110 cm³/mol. The van der Waals surface area contributed by atoms with Crippen molar-refractivity contribution < 1.29 is 32.3 Å². The van der Waals surface area contributed by atoms with E-state index >= 15 is 0 Å². The Balaban J connectivity index is 1.80. The number of amides is 2. The number of ether oxygens (including phenoxy) is 1. The van der Waals surface area contributed by atoms with Gasteiger partial charge in [-0.2, -0.15) is 13.2 Å². The highest BCUT2D eigenvalue weighted by molar-refractivity contribution is 6.35. The van der Waals surface area contributed by atoms with Crippen LogP contribution in [0.5, 0.6) is 0 Å². The monoisotopic (exact) mass is 496 g/mol. The largest absolute Gasteiger partial charge is 0.456 e. The summed E-state index contributed by atoms with van der Waals surface area (Å²) in [7, 11) is 0. The van der Waals surface area contributed by atoms with Gasteiger partial charge in [0.15, 0.2) is 6.61 Å². The number of benzene rings is 2. The van der Waals surface area contributed by atoms with Crippen LogP contribution in [0.15, 0.2) is 36.4 Å². The Labute approximate surface area is 189 Å². The van der Waals surface area contributed by atoms with E-state index in [4.69, 9.17) is 39.5 Å². The lowest BCUT2D eigenvalue weighted by atomic mass is 10.2. The number of carbonyl (C=O) groups is 3. The average Bonchev–Trinajstić information content (AvgIpc) is 2.68. The molecule has 0 aliphatic carbocycles. The lowest BCUT2D eigenvalue weighted by Gasteiger charge is -2.11. The summed E-state index contributed by atoms with van der Waals surface area (Å²) in [6.45, 7) is -0.636. The van der Waals surface area contributed by atoms with Crippen LogP contribution in [0, 0.1) is 0 Å². The summed E-state index contributed by atoms with van der Waals surface area (Å²) in [6, 6.07) is 6.87. The quantitative estimate of drug-likeness (QED) is 0.490. The third-order valence-electron chi connectivity index (χ3n) is 3.69. The summed E-state index contributed by atoms with van der Waals surface area (Å²) in [5, 5.41) is 5.08. The van der Waals surface area contributed by atoms with Crippen LogP contribution in [0.25, 0.3) is 0 Å². The number of hydrogen-bond acceptors (Lipinski definition) is 4. The number of carbonyl (C=O) groups excluding carboxylic acids is 3. The van der Waals surface area contributed by atoms with Gasteiger partial charge in [-0.25, -0.2) is 0 Å². The fourth-order valence-corrected chi connectivity index (χ4v) is 2.73. The summed E-state index contributed by atoms with van der Waals surface area (Å²) in [5.74, 6) is -2.30. The highest BCUT2D eigenvalue weighted by atomic mass is 35.5. The predicted octanol–water partition coefficient (Wildman–Crippen LogP) is 5.57. The first kappa shape index (κ1) is 24.8. The maximum Gasteiger partial charge on any atom is 0.416 e. The summed E-state index contributed by atoms with van der Waals surface area (Å²) < 4.78 is 43.0. The maximum atomic E-state index is 12.8. The van der Waals surface area contributed by atoms with Gasteiger partial charge in [-0.1, -0.05) is 34.8 Å². The standard InChI is InChI=1S/C19H14Cl3F3N2O4/c20-11-2-4-13(22)15(8-11)27-17(29)9-31-18(30)6-5-16(28)26-14-7-10(19(23,24)25)1-3-12(14)21/h1-4,7-8H,5-6,9H2,(H,26,28)(H,27,29). The molecule has 0 unspecified atom stereocenters. The first-order chi connectivity index (χ1) is 14.5.